The van der Waals surface area contributed by atoms with Gasteiger partial charge in [0.25, 0.3) is 0 Å². The molecule has 1 atom stereocenters. The Labute approximate surface area is 93.5 Å². The minimum Gasteiger partial charge on any atom is -0.492 e. The molecular weight excluding hydrogens is 215 g/mol. The van der Waals surface area contributed by atoms with Gasteiger partial charge in [-0.15, -0.1) is 0 Å². The molecule has 15 heavy (non-hydrogen) atoms. The molecule has 0 saturated carbocycles. The van der Waals surface area contributed by atoms with Crippen LogP contribution in [0.15, 0.2) is 18.2 Å². The minimum atomic E-state index is -0.644. The third kappa shape index (κ3) is 3.72. The molecule has 1 aromatic carbocycles. The van der Waals surface area contributed by atoms with Gasteiger partial charge in [-0.2, -0.15) is 11.8 Å². The highest BCUT2D eigenvalue weighted by atomic mass is 32.2. The number of thioether (sulfide) groups is 1. The second kappa shape index (κ2) is 5.98. The van der Waals surface area contributed by atoms with Crippen LogP contribution in [0, 0.1) is 5.82 Å². The summed E-state index contributed by atoms with van der Waals surface area (Å²) in [6.45, 7) is 2.15. The summed E-state index contributed by atoms with van der Waals surface area (Å²) < 4.78 is 18.4. The standard InChI is InChI=1S/C11H15FO2S/c1-8(13)10-4-3-9(12)7-11(10)14-5-6-15-2/h3-4,7-8,13H,5-6H2,1-2H3. The van der Waals surface area contributed by atoms with Crippen molar-refractivity contribution >= 4 is 11.8 Å². The largest absolute Gasteiger partial charge is 0.492 e. The van der Waals surface area contributed by atoms with Crippen LogP contribution in [0.25, 0.3) is 0 Å². The van der Waals surface area contributed by atoms with Gasteiger partial charge in [0.05, 0.1) is 12.7 Å². The smallest absolute Gasteiger partial charge is 0.128 e. The van der Waals surface area contributed by atoms with Crippen LogP contribution in [0.5, 0.6) is 5.75 Å². The third-order valence-electron chi connectivity index (χ3n) is 1.97. The quantitative estimate of drug-likeness (QED) is 0.788. The van der Waals surface area contributed by atoms with E-state index < -0.39 is 6.10 Å². The molecule has 0 fully saturated rings. The van der Waals surface area contributed by atoms with Crippen molar-refractivity contribution in [3.05, 3.63) is 29.6 Å². The Balaban J connectivity index is 2.77. The molecule has 0 aliphatic carbocycles. The number of benzene rings is 1. The SMILES string of the molecule is CSCCOc1cc(F)ccc1C(C)O. The first-order chi connectivity index (χ1) is 7.15. The average molecular weight is 230 g/mol. The number of aliphatic hydroxyl groups is 1. The molecule has 1 unspecified atom stereocenters. The van der Waals surface area contributed by atoms with Crippen LogP contribution in [-0.2, 0) is 0 Å². The van der Waals surface area contributed by atoms with Crippen molar-refractivity contribution in [3.8, 4) is 5.75 Å². The number of halogens is 1. The first-order valence-electron chi connectivity index (χ1n) is 4.74. The lowest BCUT2D eigenvalue weighted by atomic mass is 10.1. The number of aliphatic hydroxyl groups excluding tert-OH is 1. The molecule has 1 aromatic rings. The summed E-state index contributed by atoms with van der Waals surface area (Å²) in [5.41, 5.74) is 0.623. The molecule has 0 heterocycles. The van der Waals surface area contributed by atoms with E-state index in [0.717, 1.165) is 5.75 Å². The lowest BCUT2D eigenvalue weighted by Crippen LogP contribution is -2.04. The molecule has 0 saturated heterocycles. The van der Waals surface area contributed by atoms with Crippen molar-refractivity contribution in [3.63, 3.8) is 0 Å². The summed E-state index contributed by atoms with van der Waals surface area (Å²) >= 11 is 1.66. The van der Waals surface area contributed by atoms with E-state index in [1.165, 1.54) is 12.1 Å². The van der Waals surface area contributed by atoms with E-state index in [1.807, 2.05) is 6.26 Å². The van der Waals surface area contributed by atoms with Crippen molar-refractivity contribution in [1.82, 2.24) is 0 Å². The lowest BCUT2D eigenvalue weighted by Gasteiger charge is -2.13. The predicted molar refractivity (Wildman–Crippen MR) is 60.9 cm³/mol. The van der Waals surface area contributed by atoms with Gasteiger partial charge in [-0.3, -0.25) is 0 Å². The van der Waals surface area contributed by atoms with Crippen LogP contribution in [0.2, 0.25) is 0 Å². The van der Waals surface area contributed by atoms with Crippen LogP contribution in [0.3, 0.4) is 0 Å². The summed E-state index contributed by atoms with van der Waals surface area (Å²) in [6.07, 6.45) is 1.33. The molecule has 0 aromatic heterocycles. The van der Waals surface area contributed by atoms with Gasteiger partial charge >= 0.3 is 0 Å². The van der Waals surface area contributed by atoms with Gasteiger partial charge in [-0.25, -0.2) is 4.39 Å². The fourth-order valence-electron chi connectivity index (χ4n) is 1.21. The van der Waals surface area contributed by atoms with E-state index in [9.17, 15) is 9.50 Å². The summed E-state index contributed by atoms with van der Waals surface area (Å²) in [5.74, 6) is 0.924. The minimum absolute atomic E-state index is 0.349. The summed E-state index contributed by atoms with van der Waals surface area (Å²) in [4.78, 5) is 0. The Hall–Kier alpha value is -0.740. The van der Waals surface area contributed by atoms with Crippen LogP contribution in [0.1, 0.15) is 18.6 Å². The number of rotatable bonds is 5. The highest BCUT2D eigenvalue weighted by Crippen LogP contribution is 2.25. The van der Waals surface area contributed by atoms with E-state index in [-0.39, 0.29) is 5.82 Å². The first kappa shape index (κ1) is 12.3. The topological polar surface area (TPSA) is 29.5 Å². The lowest BCUT2D eigenvalue weighted by molar-refractivity contribution is 0.192. The van der Waals surface area contributed by atoms with E-state index in [2.05, 4.69) is 0 Å². The Morgan fingerprint density at radius 1 is 1.53 bits per heavy atom. The van der Waals surface area contributed by atoms with E-state index in [4.69, 9.17) is 4.74 Å². The van der Waals surface area contributed by atoms with Crippen molar-refractivity contribution < 1.29 is 14.2 Å². The van der Waals surface area contributed by atoms with Gasteiger partial charge in [-0.05, 0) is 25.3 Å². The summed E-state index contributed by atoms with van der Waals surface area (Å²) in [6, 6.07) is 4.18. The van der Waals surface area contributed by atoms with Gasteiger partial charge in [0, 0.05) is 17.4 Å². The number of hydrogen-bond acceptors (Lipinski definition) is 3. The van der Waals surface area contributed by atoms with Gasteiger partial charge in [0.1, 0.15) is 11.6 Å². The maximum Gasteiger partial charge on any atom is 0.128 e. The molecule has 0 amide bonds. The van der Waals surface area contributed by atoms with Crippen LogP contribution >= 0.6 is 11.8 Å². The molecule has 0 radical (unpaired) electrons. The fourth-order valence-corrected chi connectivity index (χ4v) is 1.46. The predicted octanol–water partition coefficient (Wildman–Crippen LogP) is 2.62. The molecular formula is C11H15FO2S. The fraction of sp³-hybridized carbons (Fsp3) is 0.455. The molecule has 4 heteroatoms. The normalized spacial score (nSPS) is 12.5. The van der Waals surface area contributed by atoms with E-state index in [0.29, 0.717) is 17.9 Å². The molecule has 0 spiro atoms. The van der Waals surface area contributed by atoms with Crippen molar-refractivity contribution in [2.45, 2.75) is 13.0 Å². The van der Waals surface area contributed by atoms with E-state index >= 15 is 0 Å². The molecule has 0 aliphatic rings. The van der Waals surface area contributed by atoms with Gasteiger partial charge in [0.2, 0.25) is 0 Å². The van der Waals surface area contributed by atoms with Crippen molar-refractivity contribution in [2.75, 3.05) is 18.6 Å². The number of ether oxygens (including phenoxy) is 1. The molecule has 1 N–H and O–H groups in total. The molecule has 0 aliphatic heterocycles. The third-order valence-corrected chi connectivity index (χ3v) is 2.55. The van der Waals surface area contributed by atoms with Gasteiger partial charge in [0.15, 0.2) is 0 Å². The first-order valence-corrected chi connectivity index (χ1v) is 6.13. The Bertz CT molecular complexity index is 315. The van der Waals surface area contributed by atoms with Crippen LogP contribution < -0.4 is 4.74 Å². The van der Waals surface area contributed by atoms with Gasteiger partial charge < -0.3 is 9.84 Å². The zero-order chi connectivity index (χ0) is 11.3. The molecule has 0 bridgehead atoms. The second-order valence-electron chi connectivity index (χ2n) is 3.20. The monoisotopic (exact) mass is 230 g/mol. The highest BCUT2D eigenvalue weighted by Gasteiger charge is 2.09. The molecule has 84 valence electrons. The average Bonchev–Trinajstić information content (AvgIpc) is 2.18. The highest BCUT2D eigenvalue weighted by molar-refractivity contribution is 7.98. The van der Waals surface area contributed by atoms with Crippen LogP contribution in [0.4, 0.5) is 4.39 Å². The zero-order valence-electron chi connectivity index (χ0n) is 8.87. The maximum atomic E-state index is 13.0. The number of hydrogen-bond donors (Lipinski definition) is 1. The molecule has 1 rings (SSSR count). The Morgan fingerprint density at radius 3 is 2.87 bits per heavy atom. The summed E-state index contributed by atoms with van der Waals surface area (Å²) in [5, 5.41) is 9.44. The molecule has 2 nitrogen and oxygen atoms in total. The van der Waals surface area contributed by atoms with Crippen LogP contribution in [-0.4, -0.2) is 23.7 Å². The second-order valence-corrected chi connectivity index (χ2v) is 4.18. The van der Waals surface area contributed by atoms with Crippen molar-refractivity contribution in [2.24, 2.45) is 0 Å². The zero-order valence-corrected chi connectivity index (χ0v) is 9.68. The van der Waals surface area contributed by atoms with Crippen molar-refractivity contribution in [1.29, 1.82) is 0 Å². The Kier molecular flexibility index (Phi) is 4.91. The maximum absolute atomic E-state index is 13.0. The van der Waals surface area contributed by atoms with E-state index in [1.54, 1.807) is 24.8 Å². The Morgan fingerprint density at radius 2 is 2.27 bits per heavy atom. The summed E-state index contributed by atoms with van der Waals surface area (Å²) in [7, 11) is 0. The van der Waals surface area contributed by atoms with Gasteiger partial charge in [-0.1, -0.05) is 0 Å².